The van der Waals surface area contributed by atoms with Gasteiger partial charge in [-0.1, -0.05) is 5.16 Å². The molecule has 3 heterocycles. The Morgan fingerprint density at radius 2 is 2.39 bits per heavy atom. The van der Waals surface area contributed by atoms with Crippen LogP contribution in [0.1, 0.15) is 24.8 Å². The van der Waals surface area contributed by atoms with Crippen LogP contribution in [0.4, 0.5) is 0 Å². The molecule has 0 spiro atoms. The molecular formula is C12H14N4O2. The summed E-state index contributed by atoms with van der Waals surface area (Å²) in [5, 5.41) is 7.30. The summed E-state index contributed by atoms with van der Waals surface area (Å²) in [6.07, 6.45) is 3.87. The molecule has 1 fully saturated rings. The fourth-order valence-corrected chi connectivity index (χ4v) is 2.02. The molecule has 0 saturated carbocycles. The Kier molecular flexibility index (Phi) is 2.93. The molecular weight excluding hydrogens is 232 g/mol. The maximum atomic E-state index is 5.28. The summed E-state index contributed by atoms with van der Waals surface area (Å²) in [7, 11) is 1.58. The van der Waals surface area contributed by atoms with Crippen molar-refractivity contribution in [2.24, 2.45) is 0 Å². The van der Waals surface area contributed by atoms with Crippen LogP contribution in [0.2, 0.25) is 0 Å². The predicted octanol–water partition coefficient (Wildman–Crippen LogP) is 1.56. The van der Waals surface area contributed by atoms with Gasteiger partial charge in [0.2, 0.25) is 17.6 Å². The average Bonchev–Trinajstić information content (AvgIpc) is 3.09. The zero-order valence-electron chi connectivity index (χ0n) is 10.1. The van der Waals surface area contributed by atoms with Gasteiger partial charge in [0.15, 0.2) is 0 Å². The molecule has 6 heteroatoms. The van der Waals surface area contributed by atoms with Crippen molar-refractivity contribution in [1.29, 1.82) is 0 Å². The molecule has 0 aromatic carbocycles. The van der Waals surface area contributed by atoms with Gasteiger partial charge in [0.25, 0.3) is 0 Å². The number of methoxy groups -OCH3 is 1. The predicted molar refractivity (Wildman–Crippen MR) is 64.1 cm³/mol. The Morgan fingerprint density at radius 1 is 1.44 bits per heavy atom. The molecule has 1 aliphatic heterocycles. The molecule has 0 aliphatic carbocycles. The van der Waals surface area contributed by atoms with E-state index >= 15 is 0 Å². The molecule has 2 aromatic rings. The van der Waals surface area contributed by atoms with Crippen LogP contribution in [0.5, 0.6) is 5.88 Å². The number of nitrogens with zero attached hydrogens (tertiary/aromatic N) is 3. The summed E-state index contributed by atoms with van der Waals surface area (Å²) in [4.78, 5) is 8.52. The second-order valence-corrected chi connectivity index (χ2v) is 4.19. The maximum absolute atomic E-state index is 5.28. The summed E-state index contributed by atoms with van der Waals surface area (Å²) in [6, 6.07) is 3.83. The van der Waals surface area contributed by atoms with E-state index in [1.807, 2.05) is 6.07 Å². The summed E-state index contributed by atoms with van der Waals surface area (Å²) >= 11 is 0. The van der Waals surface area contributed by atoms with E-state index in [-0.39, 0.29) is 6.04 Å². The van der Waals surface area contributed by atoms with Gasteiger partial charge >= 0.3 is 0 Å². The van der Waals surface area contributed by atoms with Crippen molar-refractivity contribution < 1.29 is 9.26 Å². The number of rotatable bonds is 3. The minimum absolute atomic E-state index is 0.192. The number of aromatic nitrogens is 3. The summed E-state index contributed by atoms with van der Waals surface area (Å²) in [5.74, 6) is 1.78. The summed E-state index contributed by atoms with van der Waals surface area (Å²) in [6.45, 7) is 1.01. The van der Waals surface area contributed by atoms with Crippen molar-refractivity contribution in [1.82, 2.24) is 20.4 Å². The highest BCUT2D eigenvalue weighted by molar-refractivity contribution is 5.53. The smallest absolute Gasteiger partial charge is 0.244 e. The Balaban J connectivity index is 1.82. The standard InChI is InChI=1S/C12H14N4O2/c1-17-10-5-4-8(7-14-10)11-15-12(18-16-11)9-3-2-6-13-9/h4-5,7,9,13H,2-3,6H2,1H3/t9-/m0/s1. The normalized spacial score (nSPS) is 19.1. The lowest BCUT2D eigenvalue weighted by Gasteiger charge is -2.01. The minimum Gasteiger partial charge on any atom is -0.481 e. The highest BCUT2D eigenvalue weighted by atomic mass is 16.5. The molecule has 18 heavy (non-hydrogen) atoms. The van der Waals surface area contributed by atoms with Gasteiger partial charge < -0.3 is 14.6 Å². The van der Waals surface area contributed by atoms with Crippen molar-refractivity contribution in [3.05, 3.63) is 24.2 Å². The van der Waals surface area contributed by atoms with E-state index < -0.39 is 0 Å². The Bertz CT molecular complexity index is 517. The van der Waals surface area contributed by atoms with Crippen LogP contribution in [0, 0.1) is 0 Å². The monoisotopic (exact) mass is 246 g/mol. The second kappa shape index (κ2) is 4.73. The van der Waals surface area contributed by atoms with Gasteiger partial charge in [-0.05, 0) is 25.5 Å². The highest BCUT2D eigenvalue weighted by Crippen LogP contribution is 2.24. The van der Waals surface area contributed by atoms with Crippen LogP contribution in [-0.4, -0.2) is 28.8 Å². The molecule has 0 radical (unpaired) electrons. The zero-order valence-corrected chi connectivity index (χ0v) is 10.1. The van der Waals surface area contributed by atoms with Gasteiger partial charge in [0.1, 0.15) is 0 Å². The second-order valence-electron chi connectivity index (χ2n) is 4.19. The molecule has 3 rings (SSSR count). The first-order valence-electron chi connectivity index (χ1n) is 5.94. The lowest BCUT2D eigenvalue weighted by atomic mass is 10.2. The Morgan fingerprint density at radius 3 is 3.06 bits per heavy atom. The molecule has 0 amide bonds. The van der Waals surface area contributed by atoms with Crippen molar-refractivity contribution in [3.63, 3.8) is 0 Å². The van der Waals surface area contributed by atoms with Gasteiger partial charge in [-0.25, -0.2) is 4.98 Å². The highest BCUT2D eigenvalue weighted by Gasteiger charge is 2.22. The van der Waals surface area contributed by atoms with Gasteiger partial charge in [0, 0.05) is 17.8 Å². The van der Waals surface area contributed by atoms with E-state index in [0.717, 1.165) is 24.9 Å². The third-order valence-corrected chi connectivity index (χ3v) is 3.00. The number of hydrogen-bond donors (Lipinski definition) is 1. The quantitative estimate of drug-likeness (QED) is 0.886. The van der Waals surface area contributed by atoms with E-state index in [2.05, 4.69) is 20.4 Å². The number of pyridine rings is 1. The number of hydrogen-bond acceptors (Lipinski definition) is 6. The topological polar surface area (TPSA) is 73.1 Å². The van der Waals surface area contributed by atoms with Gasteiger partial charge in [-0.2, -0.15) is 4.98 Å². The lowest BCUT2D eigenvalue weighted by molar-refractivity contribution is 0.345. The third kappa shape index (κ3) is 2.06. The van der Waals surface area contributed by atoms with E-state index in [1.54, 1.807) is 19.4 Å². The van der Waals surface area contributed by atoms with Crippen molar-refractivity contribution >= 4 is 0 Å². The van der Waals surface area contributed by atoms with Crippen molar-refractivity contribution in [2.45, 2.75) is 18.9 Å². The van der Waals surface area contributed by atoms with Crippen molar-refractivity contribution in [2.75, 3.05) is 13.7 Å². The van der Waals surface area contributed by atoms with Gasteiger partial charge in [-0.3, -0.25) is 0 Å². The molecule has 1 N–H and O–H groups in total. The molecule has 1 saturated heterocycles. The van der Waals surface area contributed by atoms with E-state index in [0.29, 0.717) is 17.6 Å². The van der Waals surface area contributed by atoms with E-state index in [1.165, 1.54) is 0 Å². The number of nitrogens with one attached hydrogen (secondary N) is 1. The molecule has 1 aliphatic rings. The molecule has 6 nitrogen and oxygen atoms in total. The molecule has 94 valence electrons. The van der Waals surface area contributed by atoms with E-state index in [9.17, 15) is 0 Å². The number of ether oxygens (including phenoxy) is 1. The Hall–Kier alpha value is -1.95. The van der Waals surface area contributed by atoms with Crippen LogP contribution in [-0.2, 0) is 0 Å². The lowest BCUT2D eigenvalue weighted by Crippen LogP contribution is -2.12. The maximum Gasteiger partial charge on any atom is 0.244 e. The third-order valence-electron chi connectivity index (χ3n) is 3.00. The van der Waals surface area contributed by atoms with Gasteiger partial charge in [0.05, 0.1) is 13.2 Å². The van der Waals surface area contributed by atoms with Crippen LogP contribution < -0.4 is 10.1 Å². The zero-order chi connectivity index (χ0) is 12.4. The largest absolute Gasteiger partial charge is 0.481 e. The molecule has 0 unspecified atom stereocenters. The minimum atomic E-state index is 0.192. The van der Waals surface area contributed by atoms with Crippen LogP contribution in [0.15, 0.2) is 22.9 Å². The molecule has 0 bridgehead atoms. The first-order chi connectivity index (χ1) is 8.86. The van der Waals surface area contributed by atoms with E-state index in [4.69, 9.17) is 9.26 Å². The first-order valence-corrected chi connectivity index (χ1v) is 5.94. The molecule has 1 atom stereocenters. The van der Waals surface area contributed by atoms with Crippen LogP contribution in [0.3, 0.4) is 0 Å². The van der Waals surface area contributed by atoms with Crippen LogP contribution in [0.25, 0.3) is 11.4 Å². The Labute approximate surface area is 104 Å². The SMILES string of the molecule is COc1ccc(-c2noc([C@@H]3CCCN3)n2)cn1. The first kappa shape index (κ1) is 11.2. The average molecular weight is 246 g/mol. The van der Waals surface area contributed by atoms with Crippen LogP contribution >= 0.6 is 0 Å². The molecule has 2 aromatic heterocycles. The fraction of sp³-hybridized carbons (Fsp3) is 0.417. The summed E-state index contributed by atoms with van der Waals surface area (Å²) in [5.41, 5.74) is 0.823. The fourth-order valence-electron chi connectivity index (χ4n) is 2.02. The van der Waals surface area contributed by atoms with Gasteiger partial charge in [-0.15, -0.1) is 0 Å². The van der Waals surface area contributed by atoms with Crippen molar-refractivity contribution in [3.8, 4) is 17.3 Å². The summed E-state index contributed by atoms with van der Waals surface area (Å²) < 4.78 is 10.3.